The Labute approximate surface area is 167 Å². The van der Waals surface area contributed by atoms with E-state index in [1.54, 1.807) is 36.1 Å². The number of nitrogens with zero attached hydrogens (tertiary/aromatic N) is 7. The first-order valence-corrected chi connectivity index (χ1v) is 9.45. The van der Waals surface area contributed by atoms with Crippen LogP contribution in [0.5, 0.6) is 0 Å². The zero-order chi connectivity index (χ0) is 20.4. The number of ether oxygens (including phenoxy) is 1. The highest BCUT2D eigenvalue weighted by Crippen LogP contribution is 2.21. The summed E-state index contributed by atoms with van der Waals surface area (Å²) in [4.78, 5) is 33.5. The number of piperazine rings is 1. The first kappa shape index (κ1) is 19.1. The van der Waals surface area contributed by atoms with Gasteiger partial charge in [0.25, 0.3) is 11.5 Å². The highest BCUT2D eigenvalue weighted by atomic mass is 16.5. The van der Waals surface area contributed by atoms with Crippen LogP contribution < -0.4 is 10.5 Å². The summed E-state index contributed by atoms with van der Waals surface area (Å²) in [5.74, 6) is -0.102. The Hall–Kier alpha value is -3.27. The van der Waals surface area contributed by atoms with Gasteiger partial charge in [0.1, 0.15) is 0 Å². The van der Waals surface area contributed by atoms with Crippen LogP contribution in [0, 0.1) is 0 Å². The second-order valence-corrected chi connectivity index (χ2v) is 6.99. The Kier molecular flexibility index (Phi) is 5.26. The van der Waals surface area contributed by atoms with Crippen LogP contribution in [0.4, 0.5) is 5.69 Å². The molecule has 152 valence electrons. The van der Waals surface area contributed by atoms with Gasteiger partial charge in [-0.3, -0.25) is 18.8 Å². The molecule has 1 aromatic carbocycles. The van der Waals surface area contributed by atoms with Crippen molar-refractivity contribution < 1.29 is 9.53 Å². The number of carbonyl (C=O) groups is 1. The van der Waals surface area contributed by atoms with Gasteiger partial charge in [0.2, 0.25) is 0 Å². The fraction of sp³-hybridized carbons (Fsp3) is 0.421. The molecular formula is C19H23N7O3. The van der Waals surface area contributed by atoms with Crippen LogP contribution in [0.3, 0.4) is 0 Å². The van der Waals surface area contributed by atoms with Gasteiger partial charge in [-0.15, -0.1) is 5.10 Å². The average Bonchev–Trinajstić information content (AvgIpc) is 3.19. The Morgan fingerprint density at radius 2 is 2.00 bits per heavy atom. The van der Waals surface area contributed by atoms with Crippen LogP contribution in [0.1, 0.15) is 10.5 Å². The van der Waals surface area contributed by atoms with E-state index >= 15 is 0 Å². The summed E-state index contributed by atoms with van der Waals surface area (Å²) in [6.45, 7) is 3.52. The van der Waals surface area contributed by atoms with Crippen molar-refractivity contribution in [2.45, 2.75) is 6.54 Å². The van der Waals surface area contributed by atoms with Crippen molar-refractivity contribution in [2.75, 3.05) is 44.8 Å². The minimum atomic E-state index is -0.102. The van der Waals surface area contributed by atoms with E-state index in [9.17, 15) is 9.59 Å². The molecule has 29 heavy (non-hydrogen) atoms. The van der Waals surface area contributed by atoms with E-state index in [2.05, 4.69) is 20.2 Å². The summed E-state index contributed by atoms with van der Waals surface area (Å²) in [6, 6.07) is 5.68. The quantitative estimate of drug-likeness (QED) is 0.604. The van der Waals surface area contributed by atoms with Crippen LogP contribution in [0.2, 0.25) is 0 Å². The van der Waals surface area contributed by atoms with E-state index in [4.69, 9.17) is 4.74 Å². The molecule has 0 bridgehead atoms. The second kappa shape index (κ2) is 8.00. The molecule has 1 aliphatic heterocycles. The molecule has 10 heteroatoms. The molecule has 3 aromatic rings. The highest BCUT2D eigenvalue weighted by Gasteiger charge is 2.24. The number of hydrogen-bond donors (Lipinski definition) is 0. The van der Waals surface area contributed by atoms with Gasteiger partial charge in [0, 0.05) is 46.0 Å². The number of rotatable bonds is 5. The fourth-order valence-corrected chi connectivity index (χ4v) is 3.47. The highest BCUT2D eigenvalue weighted by molar-refractivity contribution is 5.92. The molecule has 0 spiro atoms. The smallest absolute Gasteiger partial charge is 0.276 e. The number of amides is 1. The molecule has 1 saturated heterocycles. The molecule has 0 atom stereocenters. The van der Waals surface area contributed by atoms with Crippen molar-refractivity contribution in [2.24, 2.45) is 7.05 Å². The zero-order valence-electron chi connectivity index (χ0n) is 16.5. The summed E-state index contributed by atoms with van der Waals surface area (Å²) in [5, 5.41) is 8.30. The summed E-state index contributed by atoms with van der Waals surface area (Å²) in [7, 11) is 3.34. The van der Waals surface area contributed by atoms with E-state index in [0.717, 1.165) is 5.69 Å². The predicted octanol–water partition coefficient (Wildman–Crippen LogP) is 0.134. The minimum absolute atomic E-state index is 0.0713. The second-order valence-electron chi connectivity index (χ2n) is 6.99. The van der Waals surface area contributed by atoms with E-state index in [1.165, 1.54) is 4.68 Å². The molecule has 1 fully saturated rings. The van der Waals surface area contributed by atoms with Gasteiger partial charge >= 0.3 is 0 Å². The van der Waals surface area contributed by atoms with Crippen molar-refractivity contribution in [1.29, 1.82) is 0 Å². The predicted molar refractivity (Wildman–Crippen MR) is 107 cm³/mol. The summed E-state index contributed by atoms with van der Waals surface area (Å²) in [5.41, 5.74) is 1.95. The lowest BCUT2D eigenvalue weighted by atomic mass is 10.2. The lowest BCUT2D eigenvalue weighted by Crippen LogP contribution is -2.48. The van der Waals surface area contributed by atoms with Gasteiger partial charge in [-0.25, -0.2) is 4.98 Å². The van der Waals surface area contributed by atoms with E-state index < -0.39 is 0 Å². The summed E-state index contributed by atoms with van der Waals surface area (Å²) in [6.07, 6.45) is 3.19. The Morgan fingerprint density at radius 3 is 2.69 bits per heavy atom. The number of aryl methyl sites for hydroxylation is 1. The molecule has 1 amide bonds. The number of anilines is 1. The molecule has 4 rings (SSSR count). The van der Waals surface area contributed by atoms with Gasteiger partial charge < -0.3 is 14.5 Å². The standard InChI is InChI=1S/C19H23N7O3/c1-23-12-17(21-22-23)19(28)25-7-5-24(6-8-25)14-3-4-15-16(11-14)20-13-26(18(15)27)9-10-29-2/h3-4,11-13H,5-10H2,1-2H3. The van der Waals surface area contributed by atoms with Crippen LogP contribution in [-0.2, 0) is 18.3 Å². The number of hydrogen-bond acceptors (Lipinski definition) is 7. The topological polar surface area (TPSA) is 98.4 Å². The van der Waals surface area contributed by atoms with Crippen LogP contribution in [-0.4, -0.2) is 75.2 Å². The molecule has 2 aromatic heterocycles. The van der Waals surface area contributed by atoms with E-state index in [-0.39, 0.29) is 11.5 Å². The van der Waals surface area contributed by atoms with Gasteiger partial charge in [0.15, 0.2) is 5.69 Å². The van der Waals surface area contributed by atoms with Crippen LogP contribution >= 0.6 is 0 Å². The number of benzene rings is 1. The Bertz CT molecular complexity index is 1080. The lowest BCUT2D eigenvalue weighted by molar-refractivity contribution is 0.0740. The maximum atomic E-state index is 12.6. The maximum Gasteiger partial charge on any atom is 0.276 e. The molecule has 0 radical (unpaired) electrons. The normalized spacial score (nSPS) is 14.6. The number of methoxy groups -OCH3 is 1. The molecular weight excluding hydrogens is 374 g/mol. The van der Waals surface area contributed by atoms with E-state index in [0.29, 0.717) is 55.9 Å². The number of fused-ring (bicyclic) bond motifs is 1. The Balaban J connectivity index is 1.47. The average molecular weight is 397 g/mol. The molecule has 0 N–H and O–H groups in total. The van der Waals surface area contributed by atoms with Crippen molar-refractivity contribution >= 4 is 22.5 Å². The maximum absolute atomic E-state index is 12.6. The number of aromatic nitrogens is 5. The third-order valence-corrected chi connectivity index (χ3v) is 5.10. The van der Waals surface area contributed by atoms with Gasteiger partial charge in [-0.1, -0.05) is 5.21 Å². The number of carbonyl (C=O) groups excluding carboxylic acids is 1. The van der Waals surface area contributed by atoms with Crippen LogP contribution in [0.15, 0.2) is 35.5 Å². The largest absolute Gasteiger partial charge is 0.383 e. The third-order valence-electron chi connectivity index (χ3n) is 5.10. The Morgan fingerprint density at radius 1 is 1.21 bits per heavy atom. The molecule has 0 saturated carbocycles. The molecule has 3 heterocycles. The third kappa shape index (κ3) is 3.83. The van der Waals surface area contributed by atoms with Crippen molar-refractivity contribution in [3.63, 3.8) is 0 Å². The first-order chi connectivity index (χ1) is 14.1. The van der Waals surface area contributed by atoms with Gasteiger partial charge in [-0.05, 0) is 18.2 Å². The van der Waals surface area contributed by atoms with Gasteiger partial charge in [0.05, 0.1) is 36.6 Å². The molecule has 0 unspecified atom stereocenters. The zero-order valence-corrected chi connectivity index (χ0v) is 16.5. The van der Waals surface area contributed by atoms with E-state index in [1.807, 2.05) is 18.2 Å². The van der Waals surface area contributed by atoms with Crippen molar-refractivity contribution in [3.05, 3.63) is 46.8 Å². The molecule has 1 aliphatic rings. The van der Waals surface area contributed by atoms with Gasteiger partial charge in [-0.2, -0.15) is 0 Å². The van der Waals surface area contributed by atoms with Crippen molar-refractivity contribution in [1.82, 2.24) is 29.4 Å². The van der Waals surface area contributed by atoms with Crippen LogP contribution in [0.25, 0.3) is 10.9 Å². The molecule has 10 nitrogen and oxygen atoms in total. The molecule has 0 aliphatic carbocycles. The summed E-state index contributed by atoms with van der Waals surface area (Å²) >= 11 is 0. The van der Waals surface area contributed by atoms with Crippen molar-refractivity contribution in [3.8, 4) is 0 Å². The SMILES string of the molecule is COCCn1cnc2cc(N3CCN(C(=O)c4cn(C)nn4)CC3)ccc2c1=O. The first-order valence-electron chi connectivity index (χ1n) is 9.45. The minimum Gasteiger partial charge on any atom is -0.383 e. The lowest BCUT2D eigenvalue weighted by Gasteiger charge is -2.35. The fourth-order valence-electron chi connectivity index (χ4n) is 3.47. The summed E-state index contributed by atoms with van der Waals surface area (Å²) < 4.78 is 8.12. The monoisotopic (exact) mass is 397 g/mol.